The zero-order valence-electron chi connectivity index (χ0n) is 14.2. The monoisotopic (exact) mass is 400 g/mol. The molecule has 1 aliphatic rings. The van der Waals surface area contributed by atoms with Crippen molar-refractivity contribution < 1.29 is 4.42 Å². The molecule has 0 saturated carbocycles. The summed E-state index contributed by atoms with van der Waals surface area (Å²) in [6, 6.07) is 25.2. The number of benzene rings is 3. The molecule has 126 valence electrons. The molecular formula is C24H17BrO. The second kappa shape index (κ2) is 6.00. The van der Waals surface area contributed by atoms with Gasteiger partial charge < -0.3 is 4.42 Å². The predicted octanol–water partition coefficient (Wildman–Crippen LogP) is 7.22. The van der Waals surface area contributed by atoms with Gasteiger partial charge in [0.1, 0.15) is 11.2 Å². The molecule has 1 nitrogen and oxygen atoms in total. The molecule has 26 heavy (non-hydrogen) atoms. The summed E-state index contributed by atoms with van der Waals surface area (Å²) >= 11 is 3.98. The molecule has 1 aliphatic carbocycles. The van der Waals surface area contributed by atoms with E-state index in [1.54, 1.807) is 0 Å². The minimum absolute atomic E-state index is 0.183. The lowest BCUT2D eigenvalue weighted by Gasteiger charge is -2.27. The molecule has 4 aromatic rings. The average molecular weight is 401 g/mol. The summed E-state index contributed by atoms with van der Waals surface area (Å²) in [5.41, 5.74) is 5.65. The minimum Gasteiger partial charge on any atom is -0.456 e. The summed E-state index contributed by atoms with van der Waals surface area (Å²) in [5.74, 6) is 0. The van der Waals surface area contributed by atoms with Gasteiger partial charge in [-0.15, -0.1) is 0 Å². The fourth-order valence-corrected chi connectivity index (χ4v) is 4.20. The molecule has 0 spiro atoms. The summed E-state index contributed by atoms with van der Waals surface area (Å²) in [5, 5.41) is 2.34. The van der Waals surface area contributed by atoms with Crippen LogP contribution in [0.15, 0.2) is 95.4 Å². The smallest absolute Gasteiger partial charge is 0.135 e. The van der Waals surface area contributed by atoms with Gasteiger partial charge in [0.2, 0.25) is 0 Å². The molecule has 1 aromatic heterocycles. The van der Waals surface area contributed by atoms with Crippen molar-refractivity contribution in [3.05, 3.63) is 102 Å². The number of alkyl halides is 1. The first-order valence-corrected chi connectivity index (χ1v) is 9.58. The Hall–Kier alpha value is -2.58. The van der Waals surface area contributed by atoms with E-state index < -0.39 is 0 Å². The Kier molecular flexibility index (Phi) is 3.61. The van der Waals surface area contributed by atoms with Crippen LogP contribution in [-0.2, 0) is 4.32 Å². The average Bonchev–Trinajstić information content (AvgIpc) is 3.07. The SMILES string of the molecule is BrC1(c2ccc3oc4ccccc4c3c2)C=CC(c2ccccc2)=CC1. The second-order valence-corrected chi connectivity index (χ2v) is 8.15. The number of hydrogen-bond acceptors (Lipinski definition) is 1. The van der Waals surface area contributed by atoms with Crippen LogP contribution in [0.5, 0.6) is 0 Å². The van der Waals surface area contributed by atoms with Crippen molar-refractivity contribution in [3.63, 3.8) is 0 Å². The molecule has 0 amide bonds. The molecule has 0 N–H and O–H groups in total. The first-order valence-electron chi connectivity index (χ1n) is 8.78. The lowest BCUT2D eigenvalue weighted by Crippen LogP contribution is -2.16. The van der Waals surface area contributed by atoms with Crippen LogP contribution in [0.2, 0.25) is 0 Å². The van der Waals surface area contributed by atoms with Crippen molar-refractivity contribution >= 4 is 43.4 Å². The van der Waals surface area contributed by atoms with Crippen molar-refractivity contribution in [2.45, 2.75) is 10.7 Å². The number of rotatable bonds is 2. The van der Waals surface area contributed by atoms with Gasteiger partial charge in [-0.1, -0.05) is 88.8 Å². The zero-order valence-corrected chi connectivity index (χ0v) is 15.7. The van der Waals surface area contributed by atoms with E-state index in [0.717, 1.165) is 17.6 Å². The fourth-order valence-electron chi connectivity index (χ4n) is 3.66. The van der Waals surface area contributed by atoms with E-state index in [-0.39, 0.29) is 4.32 Å². The number of furan rings is 1. The summed E-state index contributed by atoms with van der Waals surface area (Å²) in [7, 11) is 0. The third-order valence-corrected chi connectivity index (χ3v) is 6.16. The highest BCUT2D eigenvalue weighted by atomic mass is 79.9. The third-order valence-electron chi connectivity index (χ3n) is 5.11. The van der Waals surface area contributed by atoms with Gasteiger partial charge in [-0.2, -0.15) is 0 Å². The maximum Gasteiger partial charge on any atom is 0.135 e. The standard InChI is InChI=1S/C24H17BrO/c25-24(14-12-18(13-15-24)17-6-2-1-3-7-17)19-10-11-23-21(16-19)20-8-4-5-9-22(20)26-23/h1-14,16H,15H2. The Labute approximate surface area is 160 Å². The molecule has 2 heteroatoms. The molecule has 5 rings (SSSR count). The van der Waals surface area contributed by atoms with Crippen LogP contribution in [-0.4, -0.2) is 0 Å². The van der Waals surface area contributed by atoms with E-state index >= 15 is 0 Å². The Morgan fingerprint density at radius 1 is 0.808 bits per heavy atom. The van der Waals surface area contributed by atoms with Crippen LogP contribution in [0.3, 0.4) is 0 Å². The lowest BCUT2D eigenvalue weighted by atomic mass is 9.87. The summed E-state index contributed by atoms with van der Waals surface area (Å²) < 4.78 is 5.77. The number of para-hydroxylation sites is 1. The highest BCUT2D eigenvalue weighted by Gasteiger charge is 2.28. The zero-order chi connectivity index (χ0) is 17.6. The van der Waals surface area contributed by atoms with Crippen molar-refractivity contribution in [1.82, 2.24) is 0 Å². The second-order valence-electron chi connectivity index (χ2n) is 6.73. The maximum absolute atomic E-state index is 5.96. The van der Waals surface area contributed by atoms with E-state index in [4.69, 9.17) is 4.42 Å². The van der Waals surface area contributed by atoms with E-state index in [1.807, 2.05) is 12.1 Å². The molecule has 0 aliphatic heterocycles. The normalized spacial score (nSPS) is 19.8. The first kappa shape index (κ1) is 15.7. The van der Waals surface area contributed by atoms with Crippen molar-refractivity contribution in [1.29, 1.82) is 0 Å². The third kappa shape index (κ3) is 2.53. The van der Waals surface area contributed by atoms with Crippen molar-refractivity contribution in [2.24, 2.45) is 0 Å². The molecule has 0 radical (unpaired) electrons. The lowest BCUT2D eigenvalue weighted by molar-refractivity contribution is 0.668. The maximum atomic E-state index is 5.96. The van der Waals surface area contributed by atoms with Crippen LogP contribution < -0.4 is 0 Å². The van der Waals surface area contributed by atoms with Crippen LogP contribution >= 0.6 is 15.9 Å². The highest BCUT2D eigenvalue weighted by Crippen LogP contribution is 2.43. The number of halogens is 1. The molecule has 1 unspecified atom stereocenters. The fraction of sp³-hybridized carbons (Fsp3) is 0.0833. The molecule has 0 fully saturated rings. The number of fused-ring (bicyclic) bond motifs is 3. The Morgan fingerprint density at radius 2 is 1.58 bits per heavy atom. The van der Waals surface area contributed by atoms with Gasteiger partial charge in [-0.25, -0.2) is 0 Å². The Balaban J connectivity index is 1.55. The van der Waals surface area contributed by atoms with Crippen LogP contribution in [0, 0.1) is 0 Å². The number of allylic oxidation sites excluding steroid dienone is 4. The minimum atomic E-state index is -0.183. The van der Waals surface area contributed by atoms with Gasteiger partial charge in [0.05, 0.1) is 4.32 Å². The topological polar surface area (TPSA) is 13.1 Å². The van der Waals surface area contributed by atoms with Crippen molar-refractivity contribution in [3.8, 4) is 0 Å². The molecular weight excluding hydrogens is 384 g/mol. The van der Waals surface area contributed by atoms with Crippen LogP contribution in [0.25, 0.3) is 27.5 Å². The van der Waals surface area contributed by atoms with Crippen LogP contribution in [0.1, 0.15) is 17.5 Å². The van der Waals surface area contributed by atoms with E-state index in [9.17, 15) is 0 Å². The van der Waals surface area contributed by atoms with Gasteiger partial charge in [-0.05, 0) is 41.3 Å². The first-order chi connectivity index (χ1) is 12.7. The quantitative estimate of drug-likeness (QED) is 0.323. The van der Waals surface area contributed by atoms with Crippen molar-refractivity contribution in [2.75, 3.05) is 0 Å². The molecule has 0 bridgehead atoms. The van der Waals surface area contributed by atoms with E-state index in [0.29, 0.717) is 0 Å². The molecule has 3 aromatic carbocycles. The van der Waals surface area contributed by atoms with Gasteiger partial charge in [0.15, 0.2) is 0 Å². The molecule has 1 atom stereocenters. The predicted molar refractivity (Wildman–Crippen MR) is 113 cm³/mol. The summed E-state index contributed by atoms with van der Waals surface area (Å²) in [4.78, 5) is 0. The summed E-state index contributed by atoms with van der Waals surface area (Å²) in [6.45, 7) is 0. The van der Waals surface area contributed by atoms with Gasteiger partial charge in [0.25, 0.3) is 0 Å². The summed E-state index contributed by atoms with van der Waals surface area (Å²) in [6.07, 6.45) is 7.70. The van der Waals surface area contributed by atoms with Gasteiger partial charge >= 0.3 is 0 Å². The van der Waals surface area contributed by atoms with Gasteiger partial charge in [-0.3, -0.25) is 0 Å². The van der Waals surface area contributed by atoms with E-state index in [1.165, 1.54) is 27.5 Å². The Bertz CT molecular complexity index is 1170. The van der Waals surface area contributed by atoms with E-state index in [2.05, 4.69) is 94.8 Å². The van der Waals surface area contributed by atoms with Gasteiger partial charge in [0, 0.05) is 10.8 Å². The number of hydrogen-bond donors (Lipinski definition) is 0. The molecule has 1 heterocycles. The van der Waals surface area contributed by atoms with Crippen LogP contribution in [0.4, 0.5) is 0 Å². The largest absolute Gasteiger partial charge is 0.456 e. The Morgan fingerprint density at radius 3 is 2.38 bits per heavy atom. The molecule has 0 saturated heterocycles. The highest BCUT2D eigenvalue weighted by molar-refractivity contribution is 9.09.